The lowest BCUT2D eigenvalue weighted by Crippen LogP contribution is -2.23. The molecule has 0 aliphatic heterocycles. The second kappa shape index (κ2) is 9.25. The molecule has 0 fully saturated rings. The van der Waals surface area contributed by atoms with Gasteiger partial charge in [0, 0.05) is 21.1 Å². The van der Waals surface area contributed by atoms with Gasteiger partial charge in [-0.3, -0.25) is 5.32 Å². The number of fused-ring (bicyclic) bond motifs is 1. The van der Waals surface area contributed by atoms with Crippen LogP contribution in [-0.4, -0.2) is 22.9 Å². The van der Waals surface area contributed by atoms with E-state index < -0.39 is 12.2 Å². The number of anilines is 1. The van der Waals surface area contributed by atoms with Gasteiger partial charge in [-0.15, -0.1) is 0 Å². The molecule has 0 saturated carbocycles. The van der Waals surface area contributed by atoms with Gasteiger partial charge in [-0.2, -0.15) is 0 Å². The van der Waals surface area contributed by atoms with Crippen molar-refractivity contribution in [2.75, 3.05) is 11.9 Å². The summed E-state index contributed by atoms with van der Waals surface area (Å²) in [4.78, 5) is 12.7. The number of aliphatic hydroxyl groups is 1. The van der Waals surface area contributed by atoms with Gasteiger partial charge in [0.15, 0.2) is 0 Å². The van der Waals surface area contributed by atoms with Crippen molar-refractivity contribution in [2.45, 2.75) is 19.4 Å². The van der Waals surface area contributed by atoms with Crippen LogP contribution in [0.25, 0.3) is 10.8 Å². The number of hydrogen-bond acceptors (Lipinski definition) is 4. The molecule has 0 spiro atoms. The predicted octanol–water partition coefficient (Wildman–Crippen LogP) is 5.46. The summed E-state index contributed by atoms with van der Waals surface area (Å²) in [5, 5.41) is 24.4. The Hall–Kier alpha value is -2.32. The number of halogens is 1. The van der Waals surface area contributed by atoms with Gasteiger partial charge in [0.1, 0.15) is 11.9 Å². The van der Waals surface area contributed by atoms with Crippen LogP contribution in [0, 0.1) is 9.49 Å². The van der Waals surface area contributed by atoms with E-state index in [1.54, 1.807) is 18.2 Å². The van der Waals surface area contributed by atoms with Crippen molar-refractivity contribution in [3.63, 3.8) is 0 Å². The fourth-order valence-electron chi connectivity index (χ4n) is 3.18. The van der Waals surface area contributed by atoms with E-state index >= 15 is 0 Å². The van der Waals surface area contributed by atoms with Crippen molar-refractivity contribution in [1.82, 2.24) is 0 Å². The summed E-state index contributed by atoms with van der Waals surface area (Å²) in [6.07, 6.45) is -0.849. The van der Waals surface area contributed by atoms with Gasteiger partial charge < -0.3 is 14.9 Å². The molecule has 28 heavy (non-hydrogen) atoms. The highest BCUT2D eigenvalue weighted by molar-refractivity contribution is 14.1. The summed E-state index contributed by atoms with van der Waals surface area (Å²) in [5.41, 5.74) is 1.18. The molecule has 3 rings (SSSR count). The van der Waals surface area contributed by atoms with Gasteiger partial charge in [-0.25, -0.2) is 4.79 Å². The Morgan fingerprint density at radius 1 is 1.14 bits per heavy atom. The van der Waals surface area contributed by atoms with Crippen LogP contribution in [0.2, 0.25) is 0 Å². The maximum absolute atomic E-state index is 12.7. The molecular weight excluding hydrogens is 469 g/mol. The van der Waals surface area contributed by atoms with Gasteiger partial charge >= 0.3 is 6.09 Å². The van der Waals surface area contributed by atoms with E-state index in [1.165, 1.54) is 0 Å². The molecule has 0 saturated heterocycles. The van der Waals surface area contributed by atoms with Crippen LogP contribution in [0.5, 0.6) is 5.75 Å². The van der Waals surface area contributed by atoms with Gasteiger partial charge in [0.2, 0.25) is 0 Å². The summed E-state index contributed by atoms with van der Waals surface area (Å²) >= 11 is 2.15. The Morgan fingerprint density at radius 2 is 1.89 bits per heavy atom. The second-order valence-corrected chi connectivity index (χ2v) is 7.92. The maximum atomic E-state index is 12.7. The molecule has 0 heterocycles. The number of ether oxygens (including phenoxy) is 1. The lowest BCUT2D eigenvalue weighted by atomic mass is 9.94. The first-order chi connectivity index (χ1) is 13.5. The highest BCUT2D eigenvalue weighted by Gasteiger charge is 2.26. The third-order valence-electron chi connectivity index (χ3n) is 4.66. The quantitative estimate of drug-likeness (QED) is 0.401. The Kier molecular flexibility index (Phi) is 6.74. The number of amides is 1. The topological polar surface area (TPSA) is 78.8 Å². The zero-order valence-electron chi connectivity index (χ0n) is 15.4. The standard InChI is InChI=1S/C22H22INO4/c1-14(11-12-25)21(18-13-16(23)9-10-20(18)26)28-22(27)24-19-8-4-6-15-5-2-3-7-17(15)19/h2-10,13-14,21,25-26H,11-12H2,1H3,(H,24,27)/t14-,21+/m0/s1. The minimum absolute atomic E-state index is 0.0311. The van der Waals surface area contributed by atoms with E-state index in [9.17, 15) is 15.0 Å². The molecule has 6 heteroatoms. The second-order valence-electron chi connectivity index (χ2n) is 6.67. The maximum Gasteiger partial charge on any atom is 0.412 e. The third-order valence-corrected chi connectivity index (χ3v) is 5.33. The van der Waals surface area contributed by atoms with Crippen molar-refractivity contribution >= 4 is 45.1 Å². The molecule has 3 aromatic carbocycles. The molecule has 1 amide bonds. The lowest BCUT2D eigenvalue weighted by molar-refractivity contribution is 0.0652. The highest BCUT2D eigenvalue weighted by Crippen LogP contribution is 2.35. The van der Waals surface area contributed by atoms with Gasteiger partial charge in [0.05, 0.1) is 5.69 Å². The average molecular weight is 491 g/mol. The molecule has 146 valence electrons. The van der Waals surface area contributed by atoms with Gasteiger partial charge in [-0.05, 0) is 64.6 Å². The number of phenolic OH excluding ortho intramolecular Hbond substituents is 1. The van der Waals surface area contributed by atoms with E-state index in [2.05, 4.69) is 27.9 Å². The van der Waals surface area contributed by atoms with Crippen LogP contribution in [0.1, 0.15) is 25.0 Å². The van der Waals surface area contributed by atoms with Gasteiger partial charge in [-0.1, -0.05) is 43.3 Å². The number of hydrogen-bond donors (Lipinski definition) is 3. The number of carbonyl (C=O) groups is 1. The third kappa shape index (κ3) is 4.74. The molecule has 5 nitrogen and oxygen atoms in total. The molecular formula is C22H22INO4. The summed E-state index contributed by atoms with van der Waals surface area (Å²) < 4.78 is 6.64. The first kappa shape index (κ1) is 20.4. The zero-order chi connectivity index (χ0) is 20.1. The average Bonchev–Trinajstić information content (AvgIpc) is 2.68. The molecule has 0 radical (unpaired) electrons. The number of benzene rings is 3. The van der Waals surface area contributed by atoms with Crippen LogP contribution < -0.4 is 5.32 Å². The molecule has 0 aliphatic carbocycles. The van der Waals surface area contributed by atoms with Crippen molar-refractivity contribution in [2.24, 2.45) is 5.92 Å². The zero-order valence-corrected chi connectivity index (χ0v) is 17.6. The molecule has 0 bridgehead atoms. The number of aromatic hydroxyl groups is 1. The van der Waals surface area contributed by atoms with Crippen molar-refractivity contribution in [1.29, 1.82) is 0 Å². The minimum atomic E-state index is -0.683. The normalized spacial score (nSPS) is 13.1. The smallest absolute Gasteiger partial charge is 0.412 e. The first-order valence-electron chi connectivity index (χ1n) is 9.04. The number of nitrogens with one attached hydrogen (secondary N) is 1. The number of aliphatic hydroxyl groups excluding tert-OH is 1. The summed E-state index contributed by atoms with van der Waals surface area (Å²) in [5.74, 6) is -0.111. The summed E-state index contributed by atoms with van der Waals surface area (Å²) in [6, 6.07) is 18.6. The lowest BCUT2D eigenvalue weighted by Gasteiger charge is -2.25. The van der Waals surface area contributed by atoms with E-state index in [0.29, 0.717) is 17.7 Å². The SMILES string of the molecule is C[C@@H](CCO)[C@@H](OC(=O)Nc1cccc2ccccc12)c1cc(I)ccc1O. The van der Waals surface area contributed by atoms with E-state index in [-0.39, 0.29) is 18.3 Å². The summed E-state index contributed by atoms with van der Waals surface area (Å²) in [7, 11) is 0. The molecule has 3 N–H and O–H groups in total. The van der Waals surface area contributed by atoms with Crippen molar-refractivity contribution in [3.8, 4) is 5.75 Å². The molecule has 0 unspecified atom stereocenters. The first-order valence-corrected chi connectivity index (χ1v) is 10.1. The monoisotopic (exact) mass is 491 g/mol. The minimum Gasteiger partial charge on any atom is -0.508 e. The van der Waals surface area contributed by atoms with Crippen LogP contribution >= 0.6 is 22.6 Å². The Bertz CT molecular complexity index is 970. The molecule has 0 aliphatic rings. The summed E-state index contributed by atoms with van der Waals surface area (Å²) in [6.45, 7) is 1.85. The van der Waals surface area contributed by atoms with Crippen LogP contribution in [0.15, 0.2) is 60.7 Å². The largest absolute Gasteiger partial charge is 0.508 e. The van der Waals surface area contributed by atoms with Gasteiger partial charge in [0.25, 0.3) is 0 Å². The van der Waals surface area contributed by atoms with Crippen LogP contribution in [0.4, 0.5) is 10.5 Å². The molecule has 0 aromatic heterocycles. The fraction of sp³-hybridized carbons (Fsp3) is 0.227. The number of phenols is 1. The number of carbonyl (C=O) groups excluding carboxylic acids is 1. The Labute approximate surface area is 177 Å². The van der Waals surface area contributed by atoms with Crippen LogP contribution in [0.3, 0.4) is 0 Å². The van der Waals surface area contributed by atoms with E-state index in [4.69, 9.17) is 4.74 Å². The predicted molar refractivity (Wildman–Crippen MR) is 118 cm³/mol. The highest BCUT2D eigenvalue weighted by atomic mass is 127. The molecule has 2 atom stereocenters. The van der Waals surface area contributed by atoms with E-state index in [0.717, 1.165) is 14.3 Å². The Morgan fingerprint density at radius 3 is 2.68 bits per heavy atom. The Balaban J connectivity index is 1.85. The van der Waals surface area contributed by atoms with E-state index in [1.807, 2.05) is 49.4 Å². The van der Waals surface area contributed by atoms with Crippen LogP contribution in [-0.2, 0) is 4.74 Å². The molecule has 3 aromatic rings. The van der Waals surface area contributed by atoms with Crippen molar-refractivity contribution in [3.05, 3.63) is 69.8 Å². The fourth-order valence-corrected chi connectivity index (χ4v) is 3.70. The van der Waals surface area contributed by atoms with Crippen molar-refractivity contribution < 1.29 is 19.7 Å². The number of rotatable bonds is 6.